The van der Waals surface area contributed by atoms with Gasteiger partial charge in [-0.25, -0.2) is 4.39 Å². The summed E-state index contributed by atoms with van der Waals surface area (Å²) in [7, 11) is 0. The molecular formula is C38H37F4N3O4. The molecule has 1 saturated heterocycles. The number of aliphatic hydroxyl groups is 1. The quantitative estimate of drug-likeness (QED) is 0.157. The van der Waals surface area contributed by atoms with Crippen LogP contribution in [0.25, 0.3) is 0 Å². The van der Waals surface area contributed by atoms with Crippen LogP contribution < -0.4 is 10.6 Å². The molecule has 0 aromatic heterocycles. The maximum Gasteiger partial charge on any atom is 0.416 e. The van der Waals surface area contributed by atoms with Crippen LogP contribution in [-0.4, -0.2) is 52.8 Å². The number of Topliss-reactive ketones (excluding diaryl/α,β-unsaturated/α-hetero) is 1. The maximum absolute atomic E-state index is 13.8. The average molecular weight is 676 g/mol. The molecule has 1 aliphatic heterocycles. The summed E-state index contributed by atoms with van der Waals surface area (Å²) in [5.74, 6) is -1.77. The number of halogens is 4. The van der Waals surface area contributed by atoms with Crippen LogP contribution in [0, 0.1) is 11.7 Å². The first kappa shape index (κ1) is 35.4. The van der Waals surface area contributed by atoms with Crippen LogP contribution in [0.1, 0.15) is 62.4 Å². The number of amides is 2. The van der Waals surface area contributed by atoms with Crippen molar-refractivity contribution in [2.45, 2.75) is 50.7 Å². The van der Waals surface area contributed by atoms with Crippen LogP contribution >= 0.6 is 0 Å². The predicted molar refractivity (Wildman–Crippen MR) is 176 cm³/mol. The van der Waals surface area contributed by atoms with Crippen molar-refractivity contribution in [2.75, 3.05) is 13.1 Å². The van der Waals surface area contributed by atoms with Gasteiger partial charge in [0.25, 0.3) is 11.8 Å². The minimum atomic E-state index is -4.47. The van der Waals surface area contributed by atoms with E-state index in [1.165, 1.54) is 31.2 Å². The number of nitrogens with zero attached hydrogens (tertiary/aromatic N) is 1. The molecule has 1 fully saturated rings. The Labute approximate surface area is 282 Å². The van der Waals surface area contributed by atoms with Crippen LogP contribution in [0.5, 0.6) is 0 Å². The van der Waals surface area contributed by atoms with Crippen molar-refractivity contribution in [1.82, 2.24) is 15.5 Å². The number of aliphatic hydroxyl groups excluding tert-OH is 1. The second-order valence-electron chi connectivity index (χ2n) is 12.3. The Hall–Kier alpha value is -4.87. The molecule has 0 spiro atoms. The average Bonchev–Trinajstić information content (AvgIpc) is 3.54. The van der Waals surface area contributed by atoms with Gasteiger partial charge in [0.15, 0.2) is 0 Å². The third kappa shape index (κ3) is 9.18. The fourth-order valence-corrected chi connectivity index (χ4v) is 6.08. The largest absolute Gasteiger partial charge is 0.416 e. The van der Waals surface area contributed by atoms with Gasteiger partial charge in [-0.05, 0) is 72.9 Å². The lowest BCUT2D eigenvalue weighted by atomic mass is 9.97. The summed E-state index contributed by atoms with van der Waals surface area (Å²) < 4.78 is 53.1. The summed E-state index contributed by atoms with van der Waals surface area (Å²) >= 11 is 0. The Morgan fingerprint density at radius 3 is 2.24 bits per heavy atom. The highest BCUT2D eigenvalue weighted by molar-refractivity contribution is 6.00. The molecule has 0 bridgehead atoms. The SMILES string of the molecule is CC(=O)C1CC(c2ccc(F)cc2)N(C(=O)c2cccc(C(=O)N[C@@H](Cc3ccccc3)[C@H](O)CNCc3cccc(C(F)(F)F)c3)c2)C1. The van der Waals surface area contributed by atoms with Gasteiger partial charge in [0, 0.05) is 36.7 Å². The van der Waals surface area contributed by atoms with Gasteiger partial charge in [0.2, 0.25) is 0 Å². The van der Waals surface area contributed by atoms with E-state index in [0.29, 0.717) is 17.5 Å². The zero-order valence-corrected chi connectivity index (χ0v) is 26.8. The molecular weight excluding hydrogens is 638 g/mol. The van der Waals surface area contributed by atoms with Gasteiger partial charge < -0.3 is 20.6 Å². The van der Waals surface area contributed by atoms with Crippen LogP contribution in [0.15, 0.2) is 103 Å². The summed E-state index contributed by atoms with van der Waals surface area (Å²) in [4.78, 5) is 41.3. The zero-order valence-electron chi connectivity index (χ0n) is 26.8. The predicted octanol–water partition coefficient (Wildman–Crippen LogP) is 6.13. The summed E-state index contributed by atoms with van der Waals surface area (Å²) in [6.45, 7) is 1.71. The van der Waals surface area contributed by atoms with Crippen molar-refractivity contribution >= 4 is 17.6 Å². The van der Waals surface area contributed by atoms with E-state index in [-0.39, 0.29) is 54.8 Å². The first-order chi connectivity index (χ1) is 23.4. The summed E-state index contributed by atoms with van der Waals surface area (Å²) in [6.07, 6.45) is -4.94. The number of carbonyl (C=O) groups is 3. The number of rotatable bonds is 12. The number of alkyl halides is 3. The fourth-order valence-electron chi connectivity index (χ4n) is 6.08. The molecule has 4 aromatic carbocycles. The van der Waals surface area contributed by atoms with Crippen molar-refractivity contribution in [3.05, 3.63) is 142 Å². The zero-order chi connectivity index (χ0) is 35.1. The Kier molecular flexibility index (Phi) is 11.3. The lowest BCUT2D eigenvalue weighted by Gasteiger charge is -2.26. The van der Waals surface area contributed by atoms with Gasteiger partial charge in [-0.2, -0.15) is 13.2 Å². The molecule has 1 heterocycles. The monoisotopic (exact) mass is 675 g/mol. The molecule has 2 amide bonds. The second kappa shape index (κ2) is 15.6. The maximum atomic E-state index is 13.8. The molecule has 1 aliphatic rings. The van der Waals surface area contributed by atoms with Crippen molar-refractivity contribution in [3.8, 4) is 0 Å². The molecule has 49 heavy (non-hydrogen) atoms. The molecule has 4 aromatic rings. The normalized spacial score (nSPS) is 17.4. The second-order valence-corrected chi connectivity index (χ2v) is 12.3. The number of likely N-dealkylation sites (tertiary alicyclic amines) is 1. The lowest BCUT2D eigenvalue weighted by Crippen LogP contribution is -2.48. The van der Waals surface area contributed by atoms with Gasteiger partial charge in [-0.15, -0.1) is 0 Å². The van der Waals surface area contributed by atoms with E-state index < -0.39 is 41.7 Å². The van der Waals surface area contributed by atoms with Crippen molar-refractivity contribution in [2.24, 2.45) is 5.92 Å². The fraction of sp³-hybridized carbons (Fsp3) is 0.289. The minimum Gasteiger partial charge on any atom is -0.390 e. The van der Waals surface area contributed by atoms with Crippen LogP contribution in [0.4, 0.5) is 17.6 Å². The molecule has 0 saturated carbocycles. The van der Waals surface area contributed by atoms with E-state index in [2.05, 4.69) is 10.6 Å². The Balaban J connectivity index is 1.30. The van der Waals surface area contributed by atoms with E-state index in [9.17, 15) is 37.1 Å². The smallest absolute Gasteiger partial charge is 0.390 e. The van der Waals surface area contributed by atoms with Gasteiger partial charge in [-0.1, -0.05) is 66.7 Å². The van der Waals surface area contributed by atoms with Crippen molar-refractivity contribution < 1.29 is 37.1 Å². The molecule has 2 unspecified atom stereocenters. The third-order valence-electron chi connectivity index (χ3n) is 8.78. The van der Waals surface area contributed by atoms with E-state index in [1.807, 2.05) is 30.3 Å². The van der Waals surface area contributed by atoms with E-state index in [1.54, 1.807) is 41.3 Å². The molecule has 11 heteroatoms. The molecule has 0 radical (unpaired) electrons. The number of ketones is 1. The van der Waals surface area contributed by atoms with E-state index in [0.717, 1.165) is 17.7 Å². The standard InChI is InChI=1S/C38H37F4N3O4/c1-24(46)30-20-34(27-13-15-32(39)16-14-27)45(23-30)37(49)29-11-6-10-28(19-29)36(48)44-33(18-25-7-3-2-4-8-25)35(47)22-43-21-26-9-5-12-31(17-26)38(40,41)42/h2-17,19,30,33-35,43,47H,18,20-23H2,1H3,(H,44,48)/t30?,33-,34?,35+/m0/s1. The summed E-state index contributed by atoms with van der Waals surface area (Å²) in [5, 5.41) is 17.0. The first-order valence-electron chi connectivity index (χ1n) is 16.0. The highest BCUT2D eigenvalue weighted by Crippen LogP contribution is 2.37. The van der Waals surface area contributed by atoms with Crippen molar-refractivity contribution in [3.63, 3.8) is 0 Å². The molecule has 4 atom stereocenters. The number of hydrogen-bond donors (Lipinski definition) is 3. The van der Waals surface area contributed by atoms with E-state index in [4.69, 9.17) is 0 Å². The number of benzene rings is 4. The topological polar surface area (TPSA) is 98.7 Å². The summed E-state index contributed by atoms with van der Waals surface area (Å²) in [6, 6.07) is 24.8. The molecule has 3 N–H and O–H groups in total. The Morgan fingerprint density at radius 1 is 0.878 bits per heavy atom. The minimum absolute atomic E-state index is 0.0242. The van der Waals surface area contributed by atoms with Crippen LogP contribution in [-0.2, 0) is 23.9 Å². The Morgan fingerprint density at radius 2 is 1.55 bits per heavy atom. The van der Waals surface area contributed by atoms with Gasteiger partial charge in [0.05, 0.1) is 23.8 Å². The highest BCUT2D eigenvalue weighted by atomic mass is 19.4. The van der Waals surface area contributed by atoms with Crippen LogP contribution in [0.3, 0.4) is 0 Å². The summed E-state index contributed by atoms with van der Waals surface area (Å²) in [5.41, 5.74) is 1.57. The van der Waals surface area contributed by atoms with Gasteiger partial charge >= 0.3 is 6.18 Å². The molecule has 7 nitrogen and oxygen atoms in total. The molecule has 0 aliphatic carbocycles. The third-order valence-corrected chi connectivity index (χ3v) is 8.78. The number of nitrogens with one attached hydrogen (secondary N) is 2. The first-order valence-corrected chi connectivity index (χ1v) is 16.0. The van der Waals surface area contributed by atoms with E-state index >= 15 is 0 Å². The number of hydrogen-bond acceptors (Lipinski definition) is 5. The lowest BCUT2D eigenvalue weighted by molar-refractivity contribution is -0.137. The van der Waals surface area contributed by atoms with Gasteiger partial charge in [0.1, 0.15) is 11.6 Å². The van der Waals surface area contributed by atoms with Crippen molar-refractivity contribution in [1.29, 1.82) is 0 Å². The molecule has 5 rings (SSSR count). The van der Waals surface area contributed by atoms with Crippen LogP contribution in [0.2, 0.25) is 0 Å². The Bertz CT molecular complexity index is 1770. The molecule has 256 valence electrons. The highest BCUT2D eigenvalue weighted by Gasteiger charge is 2.38. The van der Waals surface area contributed by atoms with Gasteiger partial charge in [-0.3, -0.25) is 14.4 Å². The number of carbonyl (C=O) groups excluding carboxylic acids is 3.